The fraction of sp³-hybridized carbons (Fsp3) is 0.417. The van der Waals surface area contributed by atoms with E-state index in [1.165, 1.54) is 9.71 Å². The van der Waals surface area contributed by atoms with Gasteiger partial charge in [0.1, 0.15) is 0 Å². The lowest BCUT2D eigenvalue weighted by atomic mass is 9.97. The number of thiazole rings is 1. The van der Waals surface area contributed by atoms with Gasteiger partial charge in [0, 0.05) is 31.8 Å². The molecule has 0 spiro atoms. The van der Waals surface area contributed by atoms with Crippen molar-refractivity contribution in [3.63, 3.8) is 0 Å². The number of aromatic nitrogens is 1. The van der Waals surface area contributed by atoms with E-state index < -0.39 is 0 Å². The van der Waals surface area contributed by atoms with Crippen LogP contribution in [0.2, 0.25) is 0 Å². The van der Waals surface area contributed by atoms with Gasteiger partial charge >= 0.3 is 0 Å². The van der Waals surface area contributed by atoms with Gasteiger partial charge in [0.05, 0.1) is 28.4 Å². The zero-order chi connectivity index (χ0) is 20.3. The van der Waals surface area contributed by atoms with Crippen molar-refractivity contribution in [1.82, 2.24) is 9.88 Å². The first-order valence-electron chi connectivity index (χ1n) is 10.8. The predicted octanol–water partition coefficient (Wildman–Crippen LogP) is 4.80. The molecule has 2 aromatic carbocycles. The average Bonchev–Trinajstić information content (AvgIpc) is 3.09. The van der Waals surface area contributed by atoms with Crippen LogP contribution in [0.4, 0.5) is 0 Å². The van der Waals surface area contributed by atoms with Crippen LogP contribution in [-0.2, 0) is 11.2 Å². The zero-order valence-electron chi connectivity index (χ0n) is 17.0. The highest BCUT2D eigenvalue weighted by atomic mass is 32.1. The Morgan fingerprint density at radius 3 is 2.70 bits per heavy atom. The summed E-state index contributed by atoms with van der Waals surface area (Å²) in [4.78, 5) is 19.6. The third kappa shape index (κ3) is 4.15. The van der Waals surface area contributed by atoms with Gasteiger partial charge in [-0.05, 0) is 49.1 Å². The molecule has 0 aliphatic carbocycles. The van der Waals surface area contributed by atoms with Gasteiger partial charge in [-0.1, -0.05) is 18.2 Å². The summed E-state index contributed by atoms with van der Waals surface area (Å²) in [5.41, 5.74) is 2.21. The molecule has 5 rings (SSSR count). The molecule has 1 saturated heterocycles. The average molecular weight is 423 g/mol. The number of piperidine rings is 1. The molecule has 2 aliphatic heterocycles. The van der Waals surface area contributed by atoms with Gasteiger partial charge in [-0.2, -0.15) is 0 Å². The molecule has 0 bridgehead atoms. The molecule has 1 aromatic heterocycles. The molecule has 3 heterocycles. The first-order chi connectivity index (χ1) is 14.8. The van der Waals surface area contributed by atoms with Gasteiger partial charge in [0.15, 0.2) is 11.5 Å². The van der Waals surface area contributed by atoms with Crippen LogP contribution in [0.5, 0.6) is 11.5 Å². The minimum atomic E-state index is 0.241. The minimum Gasteiger partial charge on any atom is -0.490 e. The number of carbonyl (C=O) groups excluding carboxylic acids is 1. The lowest BCUT2D eigenvalue weighted by molar-refractivity contribution is -0.132. The van der Waals surface area contributed by atoms with Crippen molar-refractivity contribution in [1.29, 1.82) is 0 Å². The number of hydrogen-bond acceptors (Lipinski definition) is 5. The number of nitrogens with zero attached hydrogens (tertiary/aromatic N) is 2. The molecule has 0 atom stereocenters. The highest BCUT2D eigenvalue weighted by Crippen LogP contribution is 2.34. The summed E-state index contributed by atoms with van der Waals surface area (Å²) >= 11 is 1.80. The topological polar surface area (TPSA) is 51.7 Å². The first-order valence-corrected chi connectivity index (χ1v) is 11.6. The van der Waals surface area contributed by atoms with Crippen molar-refractivity contribution in [2.45, 2.75) is 38.0 Å². The van der Waals surface area contributed by atoms with E-state index in [1.807, 2.05) is 29.2 Å². The smallest absolute Gasteiger partial charge is 0.222 e. The van der Waals surface area contributed by atoms with Crippen LogP contribution in [-0.4, -0.2) is 42.1 Å². The fourth-order valence-corrected chi connectivity index (χ4v) is 5.35. The maximum Gasteiger partial charge on any atom is 0.222 e. The molecule has 0 saturated carbocycles. The molecule has 3 aromatic rings. The van der Waals surface area contributed by atoms with E-state index in [0.29, 0.717) is 25.6 Å². The summed E-state index contributed by atoms with van der Waals surface area (Å²) in [7, 11) is 0. The number of benzene rings is 2. The number of para-hydroxylation sites is 1. The summed E-state index contributed by atoms with van der Waals surface area (Å²) < 4.78 is 12.7. The number of likely N-dealkylation sites (tertiary alicyclic amines) is 1. The zero-order valence-corrected chi connectivity index (χ0v) is 17.8. The largest absolute Gasteiger partial charge is 0.490 e. The Labute approximate surface area is 180 Å². The molecule has 1 amide bonds. The van der Waals surface area contributed by atoms with E-state index in [4.69, 9.17) is 14.5 Å². The molecular formula is C24H26N2O3S. The Morgan fingerprint density at radius 1 is 1.07 bits per heavy atom. The molecule has 0 unspecified atom stereocenters. The van der Waals surface area contributed by atoms with Gasteiger partial charge in [0.25, 0.3) is 0 Å². The number of rotatable bonds is 4. The van der Waals surface area contributed by atoms with Crippen LogP contribution in [0.15, 0.2) is 42.5 Å². The van der Waals surface area contributed by atoms with Gasteiger partial charge in [-0.25, -0.2) is 4.98 Å². The normalized spacial score (nSPS) is 17.1. The van der Waals surface area contributed by atoms with Crippen molar-refractivity contribution >= 4 is 27.5 Å². The van der Waals surface area contributed by atoms with E-state index >= 15 is 0 Å². The van der Waals surface area contributed by atoms with Crippen LogP contribution in [0, 0.1) is 0 Å². The predicted molar refractivity (Wildman–Crippen MR) is 119 cm³/mol. The van der Waals surface area contributed by atoms with E-state index in [9.17, 15) is 4.79 Å². The summed E-state index contributed by atoms with van der Waals surface area (Å²) in [5.74, 6) is 2.31. The monoisotopic (exact) mass is 422 g/mol. The summed E-state index contributed by atoms with van der Waals surface area (Å²) in [6.45, 7) is 3.01. The maximum atomic E-state index is 12.8. The van der Waals surface area contributed by atoms with Crippen LogP contribution >= 0.6 is 11.3 Å². The number of fused-ring (bicyclic) bond motifs is 2. The molecule has 156 valence electrons. The molecule has 0 N–H and O–H groups in total. The van der Waals surface area contributed by atoms with Gasteiger partial charge in [-0.3, -0.25) is 4.79 Å². The summed E-state index contributed by atoms with van der Waals surface area (Å²) in [6, 6.07) is 14.3. The number of aryl methyl sites for hydroxylation is 1. The second-order valence-electron chi connectivity index (χ2n) is 8.01. The van der Waals surface area contributed by atoms with Gasteiger partial charge < -0.3 is 14.4 Å². The minimum absolute atomic E-state index is 0.241. The molecule has 5 nitrogen and oxygen atoms in total. The van der Waals surface area contributed by atoms with Crippen molar-refractivity contribution < 1.29 is 14.3 Å². The van der Waals surface area contributed by atoms with E-state index in [-0.39, 0.29) is 5.91 Å². The second kappa shape index (κ2) is 8.64. The number of ether oxygens (including phenoxy) is 2. The Balaban J connectivity index is 1.15. The third-order valence-electron chi connectivity index (χ3n) is 5.95. The van der Waals surface area contributed by atoms with Crippen molar-refractivity contribution in [2.24, 2.45) is 0 Å². The molecule has 30 heavy (non-hydrogen) atoms. The Hall–Kier alpha value is -2.60. The van der Waals surface area contributed by atoms with Crippen molar-refractivity contribution in [3.8, 4) is 11.5 Å². The number of amides is 1. The fourth-order valence-electron chi connectivity index (χ4n) is 4.21. The van der Waals surface area contributed by atoms with E-state index in [2.05, 4.69) is 18.2 Å². The number of carbonyl (C=O) groups is 1. The van der Waals surface area contributed by atoms with Gasteiger partial charge in [-0.15, -0.1) is 11.3 Å². The van der Waals surface area contributed by atoms with E-state index in [1.54, 1.807) is 11.3 Å². The van der Waals surface area contributed by atoms with Crippen LogP contribution < -0.4 is 9.47 Å². The van der Waals surface area contributed by atoms with Crippen LogP contribution in [0.1, 0.15) is 42.2 Å². The standard InChI is InChI=1S/C24H26N2O3S/c27-23(9-7-17-6-8-20-21(16-17)29-15-3-14-28-20)26-12-10-18(11-13-26)24-25-19-4-1-2-5-22(19)30-24/h1-2,4-6,8,16,18H,3,7,9-15H2. The Kier molecular flexibility index (Phi) is 5.58. The SMILES string of the molecule is O=C(CCc1ccc2c(c1)OCCCO2)N1CCC(c2nc3ccccc3s2)CC1. The molecule has 2 aliphatic rings. The van der Waals surface area contributed by atoms with Crippen molar-refractivity contribution in [2.75, 3.05) is 26.3 Å². The molecule has 0 radical (unpaired) electrons. The number of hydrogen-bond donors (Lipinski definition) is 0. The Morgan fingerprint density at radius 2 is 1.87 bits per heavy atom. The lowest BCUT2D eigenvalue weighted by Crippen LogP contribution is -2.38. The summed E-state index contributed by atoms with van der Waals surface area (Å²) in [6.07, 6.45) is 4.15. The highest BCUT2D eigenvalue weighted by molar-refractivity contribution is 7.18. The second-order valence-corrected chi connectivity index (χ2v) is 9.07. The Bertz CT molecular complexity index is 1010. The lowest BCUT2D eigenvalue weighted by Gasteiger charge is -2.31. The molecular weight excluding hydrogens is 396 g/mol. The maximum absolute atomic E-state index is 12.8. The first kappa shape index (κ1) is 19.4. The van der Waals surface area contributed by atoms with Crippen LogP contribution in [0.25, 0.3) is 10.2 Å². The highest BCUT2D eigenvalue weighted by Gasteiger charge is 2.25. The van der Waals surface area contributed by atoms with Crippen LogP contribution in [0.3, 0.4) is 0 Å². The van der Waals surface area contributed by atoms with Gasteiger partial charge in [0.2, 0.25) is 5.91 Å². The van der Waals surface area contributed by atoms with Crippen molar-refractivity contribution in [3.05, 3.63) is 53.0 Å². The summed E-state index contributed by atoms with van der Waals surface area (Å²) in [5, 5.41) is 1.22. The molecule has 1 fully saturated rings. The third-order valence-corrected chi connectivity index (χ3v) is 7.15. The molecule has 6 heteroatoms. The van der Waals surface area contributed by atoms with E-state index in [0.717, 1.165) is 61.4 Å². The quantitative estimate of drug-likeness (QED) is 0.606.